The Morgan fingerprint density at radius 1 is 1.54 bits per heavy atom. The lowest BCUT2D eigenvalue weighted by atomic mass is 10.3. The molecule has 64 valence electrons. The van der Waals surface area contributed by atoms with Crippen LogP contribution in [0.4, 0.5) is 0 Å². The van der Waals surface area contributed by atoms with Gasteiger partial charge in [0.15, 0.2) is 5.69 Å². The number of halogens is 1. The minimum Gasteiger partial charge on any atom is -0.276 e. The molecule has 0 aliphatic carbocycles. The van der Waals surface area contributed by atoms with E-state index < -0.39 is 0 Å². The fraction of sp³-hybridized carbons (Fsp3) is 0. The Labute approximate surface area is 87.2 Å². The first-order valence-electron chi connectivity index (χ1n) is 3.51. The van der Waals surface area contributed by atoms with Crippen molar-refractivity contribution < 1.29 is 0 Å². The lowest BCUT2D eigenvalue weighted by Gasteiger charge is -1.85. The topological polar surface area (TPSA) is 52.5 Å². The van der Waals surface area contributed by atoms with Crippen LogP contribution in [0.5, 0.6) is 0 Å². The van der Waals surface area contributed by atoms with Crippen LogP contribution in [-0.4, -0.2) is 10.2 Å². The highest BCUT2D eigenvalue weighted by Crippen LogP contribution is 2.29. The molecule has 2 rings (SSSR count). The molecule has 0 atom stereocenters. The maximum atomic E-state index is 8.56. The van der Waals surface area contributed by atoms with Crippen LogP contribution >= 0.6 is 27.3 Å². The van der Waals surface area contributed by atoms with Crippen LogP contribution in [-0.2, 0) is 0 Å². The van der Waals surface area contributed by atoms with Gasteiger partial charge in [-0.25, -0.2) is 0 Å². The van der Waals surface area contributed by atoms with Crippen molar-refractivity contribution in [2.24, 2.45) is 0 Å². The van der Waals surface area contributed by atoms with E-state index in [1.54, 1.807) is 17.4 Å². The number of aromatic nitrogens is 2. The van der Waals surface area contributed by atoms with Crippen molar-refractivity contribution in [2.75, 3.05) is 0 Å². The standard InChI is InChI=1S/C8H4BrN3S/c9-8-2-1-7(13-8)6-3-5(4-10)11-12-6/h1-3H,(H,11,12). The molecule has 0 fully saturated rings. The molecular formula is C8H4BrN3S. The van der Waals surface area contributed by atoms with Crippen LogP contribution in [0.15, 0.2) is 22.0 Å². The van der Waals surface area contributed by atoms with E-state index in [1.165, 1.54) is 0 Å². The molecule has 0 saturated heterocycles. The fourth-order valence-electron chi connectivity index (χ4n) is 0.964. The van der Waals surface area contributed by atoms with Crippen LogP contribution in [0.2, 0.25) is 0 Å². The average Bonchev–Trinajstić information content (AvgIpc) is 2.71. The fourth-order valence-corrected chi connectivity index (χ4v) is 2.32. The van der Waals surface area contributed by atoms with E-state index in [0.717, 1.165) is 14.4 Å². The van der Waals surface area contributed by atoms with Gasteiger partial charge in [-0.2, -0.15) is 10.4 Å². The van der Waals surface area contributed by atoms with E-state index in [4.69, 9.17) is 5.26 Å². The number of nitriles is 1. The molecule has 2 aromatic rings. The van der Waals surface area contributed by atoms with E-state index in [-0.39, 0.29) is 0 Å². The van der Waals surface area contributed by atoms with Crippen molar-refractivity contribution in [1.29, 1.82) is 5.26 Å². The number of H-pyrrole nitrogens is 1. The summed E-state index contributed by atoms with van der Waals surface area (Å²) in [4.78, 5) is 1.07. The minimum atomic E-state index is 0.416. The SMILES string of the molecule is N#Cc1cc(-c2ccc(Br)s2)[nH]n1. The third kappa shape index (κ3) is 1.64. The van der Waals surface area contributed by atoms with Crippen molar-refractivity contribution >= 4 is 27.3 Å². The largest absolute Gasteiger partial charge is 0.276 e. The summed E-state index contributed by atoms with van der Waals surface area (Å²) in [5.74, 6) is 0. The second kappa shape index (κ2) is 3.32. The number of rotatable bonds is 1. The lowest BCUT2D eigenvalue weighted by molar-refractivity contribution is 1.08. The van der Waals surface area contributed by atoms with Gasteiger partial charge in [-0.3, -0.25) is 5.10 Å². The van der Waals surface area contributed by atoms with E-state index in [1.807, 2.05) is 18.2 Å². The number of nitrogens with one attached hydrogen (secondary N) is 1. The summed E-state index contributed by atoms with van der Waals surface area (Å²) in [5.41, 5.74) is 1.30. The highest BCUT2D eigenvalue weighted by molar-refractivity contribution is 9.11. The molecule has 0 bridgehead atoms. The lowest BCUT2D eigenvalue weighted by Crippen LogP contribution is -1.71. The van der Waals surface area contributed by atoms with E-state index in [0.29, 0.717) is 5.69 Å². The second-order valence-corrected chi connectivity index (χ2v) is 4.85. The molecule has 0 amide bonds. The number of hydrogen-bond acceptors (Lipinski definition) is 3. The summed E-state index contributed by atoms with van der Waals surface area (Å²) in [6.45, 7) is 0. The van der Waals surface area contributed by atoms with Gasteiger partial charge in [0.25, 0.3) is 0 Å². The average molecular weight is 254 g/mol. The molecule has 0 saturated carbocycles. The van der Waals surface area contributed by atoms with Crippen LogP contribution in [0.1, 0.15) is 5.69 Å². The molecule has 0 aliphatic heterocycles. The first kappa shape index (κ1) is 8.48. The Bertz CT molecular complexity index is 466. The minimum absolute atomic E-state index is 0.416. The number of aromatic amines is 1. The Kier molecular flexibility index (Phi) is 2.17. The smallest absolute Gasteiger partial charge is 0.162 e. The summed E-state index contributed by atoms with van der Waals surface area (Å²) in [6.07, 6.45) is 0. The molecule has 2 heterocycles. The van der Waals surface area contributed by atoms with Gasteiger partial charge in [0.1, 0.15) is 6.07 Å². The Hall–Kier alpha value is -1.12. The van der Waals surface area contributed by atoms with Crippen LogP contribution < -0.4 is 0 Å². The molecule has 5 heteroatoms. The Morgan fingerprint density at radius 2 is 2.38 bits per heavy atom. The summed E-state index contributed by atoms with van der Waals surface area (Å²) in [5, 5.41) is 15.2. The van der Waals surface area contributed by atoms with Gasteiger partial charge in [-0.15, -0.1) is 11.3 Å². The quantitative estimate of drug-likeness (QED) is 0.850. The molecule has 0 unspecified atom stereocenters. The Morgan fingerprint density at radius 3 is 2.92 bits per heavy atom. The van der Waals surface area contributed by atoms with Crippen LogP contribution in [0.3, 0.4) is 0 Å². The zero-order valence-electron chi connectivity index (χ0n) is 6.41. The molecule has 3 nitrogen and oxygen atoms in total. The normalized spacial score (nSPS) is 9.85. The molecule has 2 aromatic heterocycles. The summed E-state index contributed by atoms with van der Waals surface area (Å²) >= 11 is 4.97. The highest BCUT2D eigenvalue weighted by atomic mass is 79.9. The van der Waals surface area contributed by atoms with Gasteiger partial charge in [0.2, 0.25) is 0 Å². The van der Waals surface area contributed by atoms with E-state index in [9.17, 15) is 0 Å². The van der Waals surface area contributed by atoms with Crippen LogP contribution in [0.25, 0.3) is 10.6 Å². The first-order valence-corrected chi connectivity index (χ1v) is 5.12. The predicted molar refractivity (Wildman–Crippen MR) is 54.3 cm³/mol. The van der Waals surface area contributed by atoms with Crippen LogP contribution in [0, 0.1) is 11.3 Å². The zero-order valence-corrected chi connectivity index (χ0v) is 8.82. The summed E-state index contributed by atoms with van der Waals surface area (Å²) < 4.78 is 1.07. The highest BCUT2D eigenvalue weighted by Gasteiger charge is 2.04. The van der Waals surface area contributed by atoms with Gasteiger partial charge in [-0.05, 0) is 28.1 Å². The maximum Gasteiger partial charge on any atom is 0.162 e. The van der Waals surface area contributed by atoms with Gasteiger partial charge >= 0.3 is 0 Å². The molecular weight excluding hydrogens is 250 g/mol. The van der Waals surface area contributed by atoms with E-state index in [2.05, 4.69) is 26.1 Å². The Balaban J connectivity index is 2.42. The molecule has 13 heavy (non-hydrogen) atoms. The predicted octanol–water partition coefficient (Wildman–Crippen LogP) is 2.77. The molecule has 0 radical (unpaired) electrons. The summed E-state index contributed by atoms with van der Waals surface area (Å²) in [7, 11) is 0. The third-order valence-electron chi connectivity index (χ3n) is 1.53. The number of nitrogens with zero attached hydrogens (tertiary/aromatic N) is 2. The van der Waals surface area contributed by atoms with Crippen molar-refractivity contribution in [3.05, 3.63) is 27.7 Å². The van der Waals surface area contributed by atoms with Gasteiger partial charge in [0.05, 0.1) is 14.4 Å². The van der Waals surface area contributed by atoms with Crippen molar-refractivity contribution in [3.63, 3.8) is 0 Å². The molecule has 0 spiro atoms. The second-order valence-electron chi connectivity index (χ2n) is 2.38. The maximum absolute atomic E-state index is 8.56. The molecule has 0 aromatic carbocycles. The van der Waals surface area contributed by atoms with Gasteiger partial charge < -0.3 is 0 Å². The van der Waals surface area contributed by atoms with Gasteiger partial charge in [0, 0.05) is 6.07 Å². The van der Waals surface area contributed by atoms with E-state index >= 15 is 0 Å². The molecule has 1 N–H and O–H groups in total. The first-order chi connectivity index (χ1) is 6.29. The number of thiophene rings is 1. The number of hydrogen-bond donors (Lipinski definition) is 1. The third-order valence-corrected chi connectivity index (χ3v) is 3.19. The molecule has 0 aliphatic rings. The summed E-state index contributed by atoms with van der Waals surface area (Å²) in [6, 6.07) is 7.65. The van der Waals surface area contributed by atoms with Crippen molar-refractivity contribution in [3.8, 4) is 16.6 Å². The van der Waals surface area contributed by atoms with Crippen molar-refractivity contribution in [1.82, 2.24) is 10.2 Å². The van der Waals surface area contributed by atoms with Gasteiger partial charge in [-0.1, -0.05) is 0 Å². The monoisotopic (exact) mass is 253 g/mol. The zero-order chi connectivity index (χ0) is 9.26. The van der Waals surface area contributed by atoms with Crippen molar-refractivity contribution in [2.45, 2.75) is 0 Å².